The van der Waals surface area contributed by atoms with Crippen molar-refractivity contribution in [2.45, 2.75) is 38.5 Å². The monoisotopic (exact) mass is 408 g/mol. The summed E-state index contributed by atoms with van der Waals surface area (Å²) in [5.41, 5.74) is 6.98. The first-order valence-electron chi connectivity index (χ1n) is 9.89. The van der Waals surface area contributed by atoms with Gasteiger partial charge in [-0.25, -0.2) is 0 Å². The molecule has 1 aliphatic carbocycles. The highest BCUT2D eigenvalue weighted by Crippen LogP contribution is 2.46. The SMILES string of the molecule is NC1=NS(O)(O)Nc2cccc(OCC3CCCN(C(=O)C4CCCC4)C3)c21. The van der Waals surface area contributed by atoms with Gasteiger partial charge < -0.3 is 15.4 Å². The van der Waals surface area contributed by atoms with Gasteiger partial charge >= 0.3 is 0 Å². The molecule has 2 aliphatic heterocycles. The van der Waals surface area contributed by atoms with E-state index in [2.05, 4.69) is 9.12 Å². The van der Waals surface area contributed by atoms with Gasteiger partial charge in [-0.15, -0.1) is 4.40 Å². The number of amides is 1. The van der Waals surface area contributed by atoms with Gasteiger partial charge in [0.15, 0.2) is 5.84 Å². The van der Waals surface area contributed by atoms with Gasteiger partial charge in [-0.05, 0) is 48.8 Å². The minimum atomic E-state index is -3.31. The molecule has 5 N–H and O–H groups in total. The maximum atomic E-state index is 12.7. The van der Waals surface area contributed by atoms with E-state index < -0.39 is 11.0 Å². The van der Waals surface area contributed by atoms with E-state index in [-0.39, 0.29) is 17.7 Å². The number of nitrogens with one attached hydrogen (secondary N) is 1. The number of rotatable bonds is 4. The van der Waals surface area contributed by atoms with Crippen molar-refractivity contribution in [1.82, 2.24) is 4.90 Å². The van der Waals surface area contributed by atoms with E-state index >= 15 is 0 Å². The Morgan fingerprint density at radius 3 is 2.86 bits per heavy atom. The van der Waals surface area contributed by atoms with Crippen LogP contribution in [0.15, 0.2) is 22.6 Å². The fourth-order valence-corrected chi connectivity index (χ4v) is 5.27. The van der Waals surface area contributed by atoms with E-state index in [1.165, 1.54) is 0 Å². The predicted molar refractivity (Wildman–Crippen MR) is 110 cm³/mol. The molecule has 1 amide bonds. The number of carbonyl (C=O) groups is 1. The lowest BCUT2D eigenvalue weighted by Gasteiger charge is -2.35. The van der Waals surface area contributed by atoms with Crippen LogP contribution in [0.25, 0.3) is 0 Å². The van der Waals surface area contributed by atoms with Crippen molar-refractivity contribution in [3.8, 4) is 5.75 Å². The molecule has 1 saturated carbocycles. The van der Waals surface area contributed by atoms with Crippen LogP contribution in [0.3, 0.4) is 0 Å². The molecule has 8 nitrogen and oxygen atoms in total. The van der Waals surface area contributed by atoms with Crippen molar-refractivity contribution in [3.05, 3.63) is 23.8 Å². The van der Waals surface area contributed by atoms with Gasteiger partial charge in [-0.3, -0.25) is 18.6 Å². The molecule has 9 heteroatoms. The quantitative estimate of drug-likeness (QED) is 0.607. The van der Waals surface area contributed by atoms with Gasteiger partial charge in [-0.1, -0.05) is 18.9 Å². The molecule has 0 bridgehead atoms. The van der Waals surface area contributed by atoms with Gasteiger partial charge in [0.05, 0.1) is 17.9 Å². The molecule has 2 heterocycles. The Labute approximate surface area is 166 Å². The predicted octanol–water partition coefficient (Wildman–Crippen LogP) is 3.21. The minimum Gasteiger partial charge on any atom is -0.492 e. The Balaban J connectivity index is 1.40. The molecule has 1 aromatic rings. The average Bonchev–Trinajstić information content (AvgIpc) is 3.19. The van der Waals surface area contributed by atoms with E-state index in [1.807, 2.05) is 4.90 Å². The number of nitrogens with two attached hydrogens (primary N) is 1. The Hall–Kier alpha value is -1.97. The van der Waals surface area contributed by atoms with Crippen LogP contribution in [0.1, 0.15) is 44.1 Å². The van der Waals surface area contributed by atoms with Crippen molar-refractivity contribution in [1.29, 1.82) is 0 Å². The smallest absolute Gasteiger partial charge is 0.225 e. The van der Waals surface area contributed by atoms with Crippen LogP contribution in [0.2, 0.25) is 0 Å². The first kappa shape index (κ1) is 19.4. The summed E-state index contributed by atoms with van der Waals surface area (Å²) in [4.78, 5) is 14.7. The minimum absolute atomic E-state index is 0.0473. The molecule has 0 radical (unpaired) electrons. The number of amidine groups is 1. The number of nitrogens with zero attached hydrogens (tertiary/aromatic N) is 2. The van der Waals surface area contributed by atoms with Crippen LogP contribution in [-0.2, 0) is 4.79 Å². The second-order valence-corrected chi connectivity index (χ2v) is 9.29. The standard InChI is InChI=1S/C19H28N4O4S/c20-18-17-15(21-28(25,26)22-18)8-3-9-16(17)27-12-13-5-4-10-23(11-13)19(24)14-6-1-2-7-14/h3,8-9,13-14,21,25-26H,1-2,4-7,10-12H2,(H2,20,22). The number of carbonyl (C=O) groups excluding carboxylic acids is 1. The molecule has 154 valence electrons. The fraction of sp³-hybridized carbons (Fsp3) is 0.579. The Morgan fingerprint density at radius 2 is 2.07 bits per heavy atom. The highest BCUT2D eigenvalue weighted by atomic mass is 32.3. The van der Waals surface area contributed by atoms with E-state index in [0.717, 1.165) is 51.6 Å². The second kappa shape index (κ2) is 7.81. The van der Waals surface area contributed by atoms with Gasteiger partial charge in [0.2, 0.25) is 5.91 Å². The summed E-state index contributed by atoms with van der Waals surface area (Å²) in [6.07, 6.45) is 6.39. The number of hydrogen-bond donors (Lipinski definition) is 4. The van der Waals surface area contributed by atoms with E-state index in [9.17, 15) is 13.9 Å². The van der Waals surface area contributed by atoms with E-state index in [1.54, 1.807) is 18.2 Å². The van der Waals surface area contributed by atoms with Gasteiger partial charge in [0, 0.05) is 24.9 Å². The van der Waals surface area contributed by atoms with Gasteiger partial charge in [0.1, 0.15) is 5.75 Å². The zero-order valence-corrected chi connectivity index (χ0v) is 16.7. The lowest BCUT2D eigenvalue weighted by atomic mass is 9.96. The summed E-state index contributed by atoms with van der Waals surface area (Å²) >= 11 is 0. The van der Waals surface area contributed by atoms with Crippen LogP contribution in [0, 0.1) is 11.8 Å². The Morgan fingerprint density at radius 1 is 1.29 bits per heavy atom. The van der Waals surface area contributed by atoms with Gasteiger partial charge in [-0.2, -0.15) is 0 Å². The third kappa shape index (κ3) is 4.06. The molecule has 0 aromatic heterocycles. The average molecular weight is 409 g/mol. The third-order valence-corrected chi connectivity index (χ3v) is 6.71. The van der Waals surface area contributed by atoms with Crippen LogP contribution in [-0.4, -0.2) is 45.4 Å². The highest BCUT2D eigenvalue weighted by molar-refractivity contribution is 8.24. The Bertz CT molecular complexity index is 779. The van der Waals surface area contributed by atoms with Crippen LogP contribution in [0.4, 0.5) is 5.69 Å². The molecule has 2 fully saturated rings. The van der Waals surface area contributed by atoms with Crippen LogP contribution < -0.4 is 15.2 Å². The second-order valence-electron chi connectivity index (χ2n) is 7.86. The maximum absolute atomic E-state index is 12.7. The fourth-order valence-electron chi connectivity index (χ4n) is 4.39. The first-order chi connectivity index (χ1) is 13.4. The molecular weight excluding hydrogens is 380 g/mol. The molecule has 1 saturated heterocycles. The number of ether oxygens (including phenoxy) is 1. The number of likely N-dealkylation sites (tertiary alicyclic amines) is 1. The molecule has 0 spiro atoms. The number of anilines is 1. The zero-order chi connectivity index (χ0) is 19.7. The Kier molecular flexibility index (Phi) is 5.39. The highest BCUT2D eigenvalue weighted by Gasteiger charge is 2.31. The first-order valence-corrected chi connectivity index (χ1v) is 11.4. The summed E-state index contributed by atoms with van der Waals surface area (Å²) < 4.78 is 31.9. The topological polar surface area (TPSA) is 120 Å². The summed E-state index contributed by atoms with van der Waals surface area (Å²) in [6, 6.07) is 5.27. The number of hydrogen-bond acceptors (Lipinski definition) is 7. The largest absolute Gasteiger partial charge is 0.492 e. The van der Waals surface area contributed by atoms with Gasteiger partial charge in [0.25, 0.3) is 0 Å². The summed E-state index contributed by atoms with van der Waals surface area (Å²) in [6.45, 7) is 2.05. The zero-order valence-electron chi connectivity index (χ0n) is 15.8. The van der Waals surface area contributed by atoms with Crippen LogP contribution >= 0.6 is 11.0 Å². The molecular formula is C19H28N4O4S. The van der Waals surface area contributed by atoms with Crippen molar-refractivity contribution in [3.63, 3.8) is 0 Å². The van der Waals surface area contributed by atoms with Crippen molar-refractivity contribution < 1.29 is 18.6 Å². The summed E-state index contributed by atoms with van der Waals surface area (Å²) in [7, 11) is -3.31. The molecule has 4 rings (SSSR count). The van der Waals surface area contributed by atoms with Crippen LogP contribution in [0.5, 0.6) is 5.75 Å². The lowest BCUT2D eigenvalue weighted by molar-refractivity contribution is -0.137. The number of fused-ring (bicyclic) bond motifs is 1. The summed E-state index contributed by atoms with van der Waals surface area (Å²) in [5.74, 6) is 1.39. The molecule has 3 aliphatic rings. The third-order valence-electron chi connectivity index (χ3n) is 5.76. The summed E-state index contributed by atoms with van der Waals surface area (Å²) in [5, 5.41) is 0. The van der Waals surface area contributed by atoms with E-state index in [4.69, 9.17) is 10.5 Å². The molecule has 1 unspecified atom stereocenters. The molecule has 1 atom stereocenters. The van der Waals surface area contributed by atoms with Crippen molar-refractivity contribution >= 4 is 28.4 Å². The van der Waals surface area contributed by atoms with Crippen molar-refractivity contribution in [2.24, 2.45) is 22.0 Å². The van der Waals surface area contributed by atoms with Crippen molar-refractivity contribution in [2.75, 3.05) is 24.4 Å². The molecule has 1 aromatic carbocycles. The number of benzene rings is 1. The lowest BCUT2D eigenvalue weighted by Crippen LogP contribution is -2.44. The normalized spacial score (nSPS) is 25.4. The molecule has 28 heavy (non-hydrogen) atoms. The van der Waals surface area contributed by atoms with E-state index in [0.29, 0.717) is 29.5 Å². The number of piperidine rings is 1. The maximum Gasteiger partial charge on any atom is 0.225 e.